The number of hydrogen-bond acceptors (Lipinski definition) is 4. The van der Waals surface area contributed by atoms with Gasteiger partial charge in [-0.05, 0) is 12.5 Å². The van der Waals surface area contributed by atoms with Crippen molar-refractivity contribution in [2.45, 2.75) is 13.0 Å². The van der Waals surface area contributed by atoms with E-state index in [1.165, 1.54) is 6.20 Å². The molecule has 19 heavy (non-hydrogen) atoms. The van der Waals surface area contributed by atoms with Gasteiger partial charge < -0.3 is 4.74 Å². The Bertz CT molecular complexity index is 595. The van der Waals surface area contributed by atoms with Gasteiger partial charge in [0.1, 0.15) is 0 Å². The van der Waals surface area contributed by atoms with Crippen molar-refractivity contribution in [3.8, 4) is 0 Å². The molecule has 0 amide bonds. The molecule has 1 unspecified atom stereocenters. The highest BCUT2D eigenvalue weighted by atomic mass is 32.2. The van der Waals surface area contributed by atoms with Crippen molar-refractivity contribution >= 4 is 16.2 Å². The Morgan fingerprint density at radius 3 is 2.63 bits per heavy atom. The van der Waals surface area contributed by atoms with Gasteiger partial charge in [-0.3, -0.25) is 4.72 Å². The zero-order valence-electron chi connectivity index (χ0n) is 10.3. The summed E-state index contributed by atoms with van der Waals surface area (Å²) in [5.74, 6) is -0.550. The minimum absolute atomic E-state index is 0.225. The Kier molecular flexibility index (Phi) is 3.87. The number of carbonyl (C=O) groups excluding carboxylic acids is 1. The maximum atomic E-state index is 11.8. The number of hydrogen-bond donors (Lipinski definition) is 2. The SMILES string of the molecule is CCOC(=O)C1=CNS(=O)(=O)NC1c1ccccc1. The highest BCUT2D eigenvalue weighted by Crippen LogP contribution is 2.25. The maximum absolute atomic E-state index is 11.8. The average molecular weight is 282 g/mol. The number of rotatable bonds is 3. The van der Waals surface area contributed by atoms with E-state index in [9.17, 15) is 13.2 Å². The second-order valence-corrected chi connectivity index (χ2v) is 5.38. The van der Waals surface area contributed by atoms with Crippen LogP contribution in [0.5, 0.6) is 0 Å². The van der Waals surface area contributed by atoms with Crippen LogP contribution in [0.15, 0.2) is 42.1 Å². The van der Waals surface area contributed by atoms with E-state index in [2.05, 4.69) is 9.44 Å². The van der Waals surface area contributed by atoms with Gasteiger partial charge in [0.2, 0.25) is 0 Å². The second-order valence-electron chi connectivity index (χ2n) is 3.90. The molecule has 6 nitrogen and oxygen atoms in total. The van der Waals surface area contributed by atoms with Crippen molar-refractivity contribution < 1.29 is 17.9 Å². The molecule has 1 aliphatic heterocycles. The molecule has 2 N–H and O–H groups in total. The molecule has 1 heterocycles. The topological polar surface area (TPSA) is 84.5 Å². The van der Waals surface area contributed by atoms with Crippen molar-refractivity contribution in [2.24, 2.45) is 0 Å². The number of carbonyl (C=O) groups is 1. The van der Waals surface area contributed by atoms with Crippen LogP contribution < -0.4 is 9.44 Å². The summed E-state index contributed by atoms with van der Waals surface area (Å²) < 4.78 is 32.5. The zero-order valence-corrected chi connectivity index (χ0v) is 11.1. The molecule has 1 aromatic rings. The summed E-state index contributed by atoms with van der Waals surface area (Å²) in [5.41, 5.74) is 0.898. The predicted molar refractivity (Wildman–Crippen MR) is 69.1 cm³/mol. The van der Waals surface area contributed by atoms with Gasteiger partial charge in [0, 0.05) is 6.20 Å². The van der Waals surface area contributed by atoms with E-state index >= 15 is 0 Å². The molecule has 102 valence electrons. The molecule has 1 aromatic carbocycles. The van der Waals surface area contributed by atoms with Crippen LogP contribution in [-0.2, 0) is 19.7 Å². The van der Waals surface area contributed by atoms with Crippen LogP contribution in [0.3, 0.4) is 0 Å². The molecule has 0 fully saturated rings. The first kappa shape index (κ1) is 13.6. The molecule has 2 rings (SSSR count). The molecule has 0 bridgehead atoms. The Balaban J connectivity index is 2.39. The van der Waals surface area contributed by atoms with Gasteiger partial charge >= 0.3 is 5.97 Å². The fourth-order valence-corrected chi connectivity index (χ4v) is 2.68. The van der Waals surface area contributed by atoms with E-state index in [0.717, 1.165) is 0 Å². The van der Waals surface area contributed by atoms with Crippen LogP contribution in [0.25, 0.3) is 0 Å². The number of esters is 1. The summed E-state index contributed by atoms with van der Waals surface area (Å²) >= 11 is 0. The van der Waals surface area contributed by atoms with Gasteiger partial charge in [-0.15, -0.1) is 0 Å². The van der Waals surface area contributed by atoms with E-state index in [1.807, 2.05) is 6.07 Å². The van der Waals surface area contributed by atoms with Crippen LogP contribution >= 0.6 is 0 Å². The van der Waals surface area contributed by atoms with Crippen molar-refractivity contribution in [1.82, 2.24) is 9.44 Å². The minimum atomic E-state index is -3.65. The molecular weight excluding hydrogens is 268 g/mol. The lowest BCUT2D eigenvalue weighted by molar-refractivity contribution is -0.138. The van der Waals surface area contributed by atoms with Gasteiger partial charge in [0.15, 0.2) is 0 Å². The third kappa shape index (κ3) is 3.12. The van der Waals surface area contributed by atoms with Crippen molar-refractivity contribution in [3.05, 3.63) is 47.7 Å². The van der Waals surface area contributed by atoms with Gasteiger partial charge in [0.25, 0.3) is 10.2 Å². The third-order valence-corrected chi connectivity index (χ3v) is 3.57. The highest BCUT2D eigenvalue weighted by Gasteiger charge is 2.31. The first-order valence-corrected chi connectivity index (χ1v) is 7.23. The van der Waals surface area contributed by atoms with Crippen LogP contribution in [0.1, 0.15) is 18.5 Å². The summed E-state index contributed by atoms with van der Waals surface area (Å²) in [6.45, 7) is 1.92. The first-order chi connectivity index (χ1) is 9.03. The summed E-state index contributed by atoms with van der Waals surface area (Å²) in [6, 6.07) is 8.10. The summed E-state index contributed by atoms with van der Waals surface area (Å²) in [5, 5.41) is 0. The standard InChI is InChI=1S/C12H14N2O4S/c1-2-18-12(15)10-8-13-19(16,17)14-11(10)9-6-4-3-5-7-9/h3-8,11,13-14H,2H2,1H3. The lowest BCUT2D eigenvalue weighted by Crippen LogP contribution is -2.43. The molecular formula is C12H14N2O4S. The van der Waals surface area contributed by atoms with E-state index < -0.39 is 22.2 Å². The predicted octanol–water partition coefficient (Wildman–Crippen LogP) is 0.612. The number of nitrogens with one attached hydrogen (secondary N) is 2. The Morgan fingerprint density at radius 2 is 2.00 bits per heavy atom. The average Bonchev–Trinajstić information content (AvgIpc) is 2.39. The first-order valence-electron chi connectivity index (χ1n) is 5.75. The highest BCUT2D eigenvalue weighted by molar-refractivity contribution is 7.87. The molecule has 0 radical (unpaired) electrons. The van der Waals surface area contributed by atoms with Crippen molar-refractivity contribution in [2.75, 3.05) is 6.61 Å². The van der Waals surface area contributed by atoms with Crippen molar-refractivity contribution in [3.63, 3.8) is 0 Å². The Hall–Kier alpha value is -1.86. The van der Waals surface area contributed by atoms with E-state index in [-0.39, 0.29) is 12.2 Å². The smallest absolute Gasteiger partial charge is 0.337 e. The maximum Gasteiger partial charge on any atom is 0.337 e. The fraction of sp³-hybridized carbons (Fsp3) is 0.250. The van der Waals surface area contributed by atoms with Gasteiger partial charge in [-0.1, -0.05) is 30.3 Å². The monoisotopic (exact) mass is 282 g/mol. The number of benzene rings is 1. The van der Waals surface area contributed by atoms with Gasteiger partial charge in [-0.2, -0.15) is 13.1 Å². The largest absolute Gasteiger partial charge is 0.463 e. The summed E-state index contributed by atoms with van der Waals surface area (Å²) in [7, 11) is -3.65. The Labute approximate surface area is 111 Å². The quantitative estimate of drug-likeness (QED) is 0.796. The van der Waals surface area contributed by atoms with Crippen molar-refractivity contribution in [1.29, 1.82) is 0 Å². The minimum Gasteiger partial charge on any atom is -0.463 e. The summed E-state index contributed by atoms with van der Waals surface area (Å²) in [4.78, 5) is 11.8. The lowest BCUT2D eigenvalue weighted by atomic mass is 10.0. The second kappa shape index (κ2) is 5.41. The molecule has 0 aliphatic carbocycles. The normalized spacial score (nSPS) is 21.1. The van der Waals surface area contributed by atoms with E-state index in [1.54, 1.807) is 31.2 Å². The molecule has 0 saturated carbocycles. The molecule has 0 saturated heterocycles. The zero-order chi connectivity index (χ0) is 13.9. The molecule has 1 aliphatic rings. The fourth-order valence-electron chi connectivity index (χ4n) is 1.76. The lowest BCUT2D eigenvalue weighted by Gasteiger charge is -2.25. The van der Waals surface area contributed by atoms with E-state index in [4.69, 9.17) is 4.74 Å². The van der Waals surface area contributed by atoms with Crippen LogP contribution in [0.4, 0.5) is 0 Å². The molecule has 0 spiro atoms. The molecule has 1 atom stereocenters. The number of ether oxygens (including phenoxy) is 1. The van der Waals surface area contributed by atoms with Crippen LogP contribution in [0, 0.1) is 0 Å². The van der Waals surface area contributed by atoms with Gasteiger partial charge in [0.05, 0.1) is 18.2 Å². The van der Waals surface area contributed by atoms with Crippen LogP contribution in [-0.4, -0.2) is 21.0 Å². The molecule has 7 heteroatoms. The Morgan fingerprint density at radius 1 is 1.32 bits per heavy atom. The summed E-state index contributed by atoms with van der Waals surface area (Å²) in [6.07, 6.45) is 1.17. The van der Waals surface area contributed by atoms with E-state index in [0.29, 0.717) is 5.56 Å². The van der Waals surface area contributed by atoms with Crippen LogP contribution in [0.2, 0.25) is 0 Å². The van der Waals surface area contributed by atoms with Gasteiger partial charge in [-0.25, -0.2) is 4.79 Å². The molecule has 0 aromatic heterocycles. The third-order valence-electron chi connectivity index (χ3n) is 2.60.